The van der Waals surface area contributed by atoms with Crippen LogP contribution >= 0.6 is 0 Å². The molecule has 0 saturated heterocycles. The number of nitrogens with one attached hydrogen (secondary N) is 1. The molecule has 1 heterocycles. The molecule has 0 spiro atoms. The van der Waals surface area contributed by atoms with Gasteiger partial charge in [-0.25, -0.2) is 12.7 Å². The molecule has 9 nitrogen and oxygen atoms in total. The van der Waals surface area contributed by atoms with E-state index >= 15 is 0 Å². The van der Waals surface area contributed by atoms with E-state index in [-0.39, 0.29) is 17.0 Å². The van der Waals surface area contributed by atoms with Crippen molar-refractivity contribution in [3.63, 3.8) is 0 Å². The topological polar surface area (TPSA) is 111 Å². The van der Waals surface area contributed by atoms with Crippen molar-refractivity contribution in [2.45, 2.75) is 11.3 Å². The summed E-state index contributed by atoms with van der Waals surface area (Å²) in [5.41, 5.74) is 0.956. The Bertz CT molecular complexity index is 1050. The molecule has 0 atom stereocenters. The predicted molar refractivity (Wildman–Crippen MR) is 108 cm³/mol. The minimum Gasteiger partial charge on any atom is -0.486 e. The third-order valence-electron chi connectivity index (χ3n) is 4.22. The molecule has 0 saturated carbocycles. The van der Waals surface area contributed by atoms with Gasteiger partial charge in [-0.2, -0.15) is 0 Å². The van der Waals surface area contributed by atoms with Gasteiger partial charge in [0, 0.05) is 19.8 Å². The Labute approximate surface area is 174 Å². The summed E-state index contributed by atoms with van der Waals surface area (Å²) in [5, 5.41) is 2.52. The van der Waals surface area contributed by atoms with Gasteiger partial charge in [0.1, 0.15) is 13.2 Å². The van der Waals surface area contributed by atoms with Crippen LogP contribution in [0, 0.1) is 0 Å². The van der Waals surface area contributed by atoms with E-state index in [2.05, 4.69) is 5.32 Å². The molecule has 0 unspecified atom stereocenters. The maximum atomic E-state index is 12.2. The van der Waals surface area contributed by atoms with Crippen LogP contribution in [0.2, 0.25) is 0 Å². The first-order valence-corrected chi connectivity index (χ1v) is 10.6. The first-order chi connectivity index (χ1) is 14.3. The second-order valence-electron chi connectivity index (χ2n) is 6.68. The molecule has 2 aromatic rings. The van der Waals surface area contributed by atoms with Gasteiger partial charge in [-0.05, 0) is 35.9 Å². The Balaban J connectivity index is 1.53. The Hall–Kier alpha value is -3.11. The van der Waals surface area contributed by atoms with E-state index in [1.807, 2.05) is 0 Å². The molecule has 0 bridgehead atoms. The highest BCUT2D eigenvalue weighted by molar-refractivity contribution is 7.89. The first-order valence-electron chi connectivity index (χ1n) is 9.12. The molecule has 3 rings (SSSR count). The van der Waals surface area contributed by atoms with Gasteiger partial charge in [0.2, 0.25) is 10.0 Å². The van der Waals surface area contributed by atoms with Crippen LogP contribution in [0.4, 0.5) is 5.69 Å². The van der Waals surface area contributed by atoms with Crippen LogP contribution in [-0.2, 0) is 30.8 Å². The van der Waals surface area contributed by atoms with Crippen LogP contribution in [0.1, 0.15) is 5.56 Å². The van der Waals surface area contributed by atoms with Gasteiger partial charge < -0.3 is 19.5 Å². The standard InChI is InChI=1S/C20H22N2O7S/c1-22(2)30(25,26)16-5-3-4-15(12-16)21-19(23)13-29-20(24)11-14-6-7-17-18(10-14)28-9-8-27-17/h3-7,10,12H,8-9,11,13H2,1-2H3,(H,21,23). The lowest BCUT2D eigenvalue weighted by molar-refractivity contribution is -0.146. The molecule has 0 aliphatic carbocycles. The van der Waals surface area contributed by atoms with Crippen molar-refractivity contribution >= 4 is 27.6 Å². The second-order valence-corrected chi connectivity index (χ2v) is 8.83. The zero-order chi connectivity index (χ0) is 21.7. The third kappa shape index (κ3) is 5.28. The molecule has 1 amide bonds. The zero-order valence-electron chi connectivity index (χ0n) is 16.6. The van der Waals surface area contributed by atoms with E-state index in [0.717, 1.165) is 4.31 Å². The van der Waals surface area contributed by atoms with E-state index < -0.39 is 28.5 Å². The Morgan fingerprint density at radius 3 is 2.53 bits per heavy atom. The molecule has 0 radical (unpaired) electrons. The van der Waals surface area contributed by atoms with Crippen LogP contribution in [0.3, 0.4) is 0 Å². The highest BCUT2D eigenvalue weighted by atomic mass is 32.2. The van der Waals surface area contributed by atoms with Crippen LogP contribution in [0.15, 0.2) is 47.4 Å². The number of hydrogen-bond acceptors (Lipinski definition) is 7. The summed E-state index contributed by atoms with van der Waals surface area (Å²) in [6.45, 7) is 0.430. The molecule has 30 heavy (non-hydrogen) atoms. The number of sulfonamides is 1. The van der Waals surface area contributed by atoms with Gasteiger partial charge in [0.15, 0.2) is 18.1 Å². The molecule has 2 aromatic carbocycles. The van der Waals surface area contributed by atoms with Gasteiger partial charge in [-0.3, -0.25) is 9.59 Å². The number of benzene rings is 2. The van der Waals surface area contributed by atoms with Crippen LogP contribution in [-0.4, -0.2) is 58.5 Å². The van der Waals surface area contributed by atoms with Gasteiger partial charge in [-0.15, -0.1) is 0 Å². The van der Waals surface area contributed by atoms with Gasteiger partial charge in [0.05, 0.1) is 11.3 Å². The fourth-order valence-electron chi connectivity index (χ4n) is 2.70. The van der Waals surface area contributed by atoms with Crippen molar-refractivity contribution in [3.8, 4) is 11.5 Å². The molecular formula is C20H22N2O7S. The molecule has 0 aromatic heterocycles. The zero-order valence-corrected chi connectivity index (χ0v) is 17.4. The number of nitrogens with zero attached hydrogens (tertiary/aromatic N) is 1. The summed E-state index contributed by atoms with van der Waals surface area (Å²) < 4.78 is 41.3. The van der Waals surface area contributed by atoms with Crippen LogP contribution in [0.5, 0.6) is 11.5 Å². The quantitative estimate of drug-likeness (QED) is 0.656. The Kier molecular flexibility index (Phi) is 6.58. The molecular weight excluding hydrogens is 412 g/mol. The number of rotatable bonds is 7. The third-order valence-corrected chi connectivity index (χ3v) is 6.03. The SMILES string of the molecule is CN(C)S(=O)(=O)c1cccc(NC(=O)COC(=O)Cc2ccc3c(c2)OCCO3)c1. The van der Waals surface area contributed by atoms with E-state index in [0.29, 0.717) is 30.3 Å². The molecule has 160 valence electrons. The summed E-state index contributed by atoms with van der Waals surface area (Å²) in [4.78, 5) is 24.2. The number of amides is 1. The van der Waals surface area contributed by atoms with E-state index in [9.17, 15) is 18.0 Å². The molecule has 1 aliphatic heterocycles. The number of anilines is 1. The maximum Gasteiger partial charge on any atom is 0.310 e. The Morgan fingerprint density at radius 2 is 1.80 bits per heavy atom. The first kappa shape index (κ1) is 21.6. The fourth-order valence-corrected chi connectivity index (χ4v) is 3.65. The van der Waals surface area contributed by atoms with Gasteiger partial charge >= 0.3 is 5.97 Å². The number of ether oxygens (including phenoxy) is 3. The summed E-state index contributed by atoms with van der Waals surface area (Å²) >= 11 is 0. The van der Waals surface area contributed by atoms with Crippen molar-refractivity contribution < 1.29 is 32.2 Å². The monoisotopic (exact) mass is 434 g/mol. The van der Waals surface area contributed by atoms with Crippen molar-refractivity contribution in [2.24, 2.45) is 0 Å². The highest BCUT2D eigenvalue weighted by Crippen LogP contribution is 2.30. The molecule has 1 aliphatic rings. The number of carbonyl (C=O) groups excluding carboxylic acids is 2. The van der Waals surface area contributed by atoms with E-state index in [4.69, 9.17) is 14.2 Å². The fraction of sp³-hybridized carbons (Fsp3) is 0.300. The lowest BCUT2D eigenvalue weighted by Crippen LogP contribution is -2.23. The Morgan fingerprint density at radius 1 is 1.07 bits per heavy atom. The largest absolute Gasteiger partial charge is 0.486 e. The number of carbonyl (C=O) groups is 2. The summed E-state index contributed by atoms with van der Waals surface area (Å²) in [6.07, 6.45) is -0.0273. The lowest BCUT2D eigenvalue weighted by atomic mass is 10.1. The minimum atomic E-state index is -3.62. The summed E-state index contributed by atoms with van der Waals surface area (Å²) in [5.74, 6) is 0.0313. The van der Waals surface area contributed by atoms with Crippen LogP contribution in [0.25, 0.3) is 0 Å². The van der Waals surface area contributed by atoms with E-state index in [1.54, 1.807) is 24.3 Å². The van der Waals surface area contributed by atoms with Crippen molar-refractivity contribution in [1.82, 2.24) is 4.31 Å². The second kappa shape index (κ2) is 9.14. The normalized spacial score (nSPS) is 13.0. The number of hydrogen-bond donors (Lipinski definition) is 1. The minimum absolute atomic E-state index is 0.0273. The van der Waals surface area contributed by atoms with Crippen molar-refractivity contribution in [3.05, 3.63) is 48.0 Å². The summed E-state index contributed by atoms with van der Waals surface area (Å²) in [6, 6.07) is 11.0. The maximum absolute atomic E-state index is 12.2. The van der Waals surface area contributed by atoms with Gasteiger partial charge in [-0.1, -0.05) is 12.1 Å². The van der Waals surface area contributed by atoms with Crippen LogP contribution < -0.4 is 14.8 Å². The molecule has 10 heteroatoms. The number of fused-ring (bicyclic) bond motifs is 1. The highest BCUT2D eigenvalue weighted by Gasteiger charge is 2.18. The average Bonchev–Trinajstić information content (AvgIpc) is 2.72. The van der Waals surface area contributed by atoms with Gasteiger partial charge in [0.25, 0.3) is 5.91 Å². The number of esters is 1. The summed E-state index contributed by atoms with van der Waals surface area (Å²) in [7, 11) is -0.788. The van der Waals surface area contributed by atoms with Crippen molar-refractivity contribution in [1.29, 1.82) is 0 Å². The lowest BCUT2D eigenvalue weighted by Gasteiger charge is -2.18. The average molecular weight is 434 g/mol. The predicted octanol–water partition coefficient (Wildman–Crippen LogP) is 1.43. The molecule has 1 N–H and O–H groups in total. The molecule has 0 fully saturated rings. The smallest absolute Gasteiger partial charge is 0.310 e. The van der Waals surface area contributed by atoms with E-state index in [1.165, 1.54) is 32.3 Å². The van der Waals surface area contributed by atoms with Crippen molar-refractivity contribution in [2.75, 3.05) is 39.2 Å².